The highest BCUT2D eigenvalue weighted by atomic mass is 16.3. The molecular weight excluding hydrogens is 292 g/mol. The van der Waals surface area contributed by atoms with Gasteiger partial charge in [-0.25, -0.2) is 0 Å². The Morgan fingerprint density at radius 2 is 1.91 bits per heavy atom. The summed E-state index contributed by atoms with van der Waals surface area (Å²) < 4.78 is 5.18. The van der Waals surface area contributed by atoms with Gasteiger partial charge in [0.15, 0.2) is 0 Å². The van der Waals surface area contributed by atoms with Gasteiger partial charge in [0.05, 0.1) is 18.5 Å². The number of rotatable bonds is 4. The molecule has 2 aromatic carbocycles. The molecular formula is C18H14N2O3. The van der Waals surface area contributed by atoms with Gasteiger partial charge in [-0.15, -0.1) is 0 Å². The topological polar surface area (TPSA) is 62.6 Å². The van der Waals surface area contributed by atoms with Crippen molar-refractivity contribution in [2.45, 2.75) is 6.54 Å². The summed E-state index contributed by atoms with van der Waals surface area (Å²) in [6.45, 7) is 0.304. The number of benzene rings is 2. The quantitative estimate of drug-likeness (QED) is 0.806. The van der Waals surface area contributed by atoms with Gasteiger partial charge in [-0.3, -0.25) is 14.5 Å². The lowest BCUT2D eigenvalue weighted by molar-refractivity contribution is -0.119. The van der Waals surface area contributed by atoms with Crippen LogP contribution in [0.3, 0.4) is 0 Å². The number of hydrogen-bond acceptors (Lipinski definition) is 3. The minimum Gasteiger partial charge on any atom is -0.467 e. The molecule has 5 nitrogen and oxygen atoms in total. The van der Waals surface area contributed by atoms with Gasteiger partial charge in [-0.2, -0.15) is 0 Å². The summed E-state index contributed by atoms with van der Waals surface area (Å²) in [7, 11) is 0. The lowest BCUT2D eigenvalue weighted by Gasteiger charge is -2.17. The number of amides is 2. The summed E-state index contributed by atoms with van der Waals surface area (Å²) in [5, 5.41) is 4.69. The van der Waals surface area contributed by atoms with Gasteiger partial charge in [0, 0.05) is 10.9 Å². The van der Waals surface area contributed by atoms with Gasteiger partial charge in [-0.1, -0.05) is 24.3 Å². The van der Waals surface area contributed by atoms with Gasteiger partial charge in [0.25, 0.3) is 5.91 Å². The molecule has 1 aliphatic heterocycles. The lowest BCUT2D eigenvalue weighted by Crippen LogP contribution is -2.38. The molecule has 0 aliphatic carbocycles. The Morgan fingerprint density at radius 1 is 1.09 bits per heavy atom. The first-order valence-electron chi connectivity index (χ1n) is 7.37. The van der Waals surface area contributed by atoms with Crippen molar-refractivity contribution >= 4 is 28.3 Å². The van der Waals surface area contributed by atoms with Crippen molar-refractivity contribution in [2.75, 3.05) is 11.4 Å². The fourth-order valence-corrected chi connectivity index (χ4v) is 2.93. The summed E-state index contributed by atoms with van der Waals surface area (Å²) in [6, 6.07) is 14.9. The largest absolute Gasteiger partial charge is 0.467 e. The highest BCUT2D eigenvalue weighted by Crippen LogP contribution is 2.36. The molecule has 5 heteroatoms. The van der Waals surface area contributed by atoms with Crippen LogP contribution in [0, 0.1) is 0 Å². The van der Waals surface area contributed by atoms with E-state index in [1.807, 2.05) is 30.3 Å². The second kappa shape index (κ2) is 5.28. The van der Waals surface area contributed by atoms with Crippen molar-refractivity contribution in [3.05, 3.63) is 66.1 Å². The Kier molecular flexibility index (Phi) is 3.12. The van der Waals surface area contributed by atoms with E-state index in [9.17, 15) is 9.59 Å². The Labute approximate surface area is 132 Å². The Bertz CT molecular complexity index is 895. The minimum absolute atomic E-state index is 0.00661. The Morgan fingerprint density at radius 3 is 2.70 bits per heavy atom. The highest BCUT2D eigenvalue weighted by molar-refractivity contribution is 6.26. The molecule has 1 aromatic heterocycles. The molecule has 1 N–H and O–H groups in total. The molecule has 0 radical (unpaired) electrons. The van der Waals surface area contributed by atoms with Crippen LogP contribution in [-0.4, -0.2) is 18.4 Å². The molecule has 1 aliphatic rings. The van der Waals surface area contributed by atoms with Gasteiger partial charge >= 0.3 is 0 Å². The van der Waals surface area contributed by atoms with Crippen LogP contribution >= 0.6 is 0 Å². The SMILES string of the molecule is O=C(CN1C(=O)c2cccc3cccc1c23)NCc1ccco1. The second-order valence-electron chi connectivity index (χ2n) is 5.43. The van der Waals surface area contributed by atoms with Crippen LogP contribution < -0.4 is 10.2 Å². The van der Waals surface area contributed by atoms with Crippen LogP contribution in [0.4, 0.5) is 5.69 Å². The summed E-state index contributed by atoms with van der Waals surface area (Å²) >= 11 is 0. The standard InChI is InChI=1S/C18H14N2O3/c21-16(19-10-13-6-3-9-23-13)11-20-15-8-2-5-12-4-1-7-14(17(12)15)18(20)22/h1-9H,10-11H2,(H,19,21). The molecule has 114 valence electrons. The van der Waals surface area contributed by atoms with Gasteiger partial charge < -0.3 is 9.73 Å². The molecule has 2 heterocycles. The van der Waals surface area contributed by atoms with Crippen molar-refractivity contribution in [1.29, 1.82) is 0 Å². The third kappa shape index (κ3) is 2.26. The van der Waals surface area contributed by atoms with E-state index in [0.29, 0.717) is 17.9 Å². The van der Waals surface area contributed by atoms with Crippen LogP contribution in [0.5, 0.6) is 0 Å². The summed E-state index contributed by atoms with van der Waals surface area (Å²) in [5.41, 5.74) is 1.44. The first kappa shape index (κ1) is 13.6. The molecule has 4 rings (SSSR count). The molecule has 0 fully saturated rings. The van der Waals surface area contributed by atoms with Crippen molar-refractivity contribution in [1.82, 2.24) is 5.32 Å². The molecule has 3 aromatic rings. The molecule has 23 heavy (non-hydrogen) atoms. The molecule has 0 bridgehead atoms. The third-order valence-corrected chi connectivity index (χ3v) is 3.99. The Hall–Kier alpha value is -3.08. The van der Waals surface area contributed by atoms with E-state index in [-0.39, 0.29) is 18.4 Å². The fourth-order valence-electron chi connectivity index (χ4n) is 2.93. The molecule has 0 atom stereocenters. The normalized spacial score (nSPS) is 12.9. The van der Waals surface area contributed by atoms with E-state index in [4.69, 9.17) is 4.42 Å². The first-order chi connectivity index (χ1) is 11.2. The van der Waals surface area contributed by atoms with E-state index in [2.05, 4.69) is 5.32 Å². The third-order valence-electron chi connectivity index (χ3n) is 3.99. The number of furan rings is 1. The average molecular weight is 306 g/mol. The summed E-state index contributed by atoms with van der Waals surface area (Å²) in [6.07, 6.45) is 1.56. The van der Waals surface area contributed by atoms with Crippen LogP contribution in [-0.2, 0) is 11.3 Å². The summed E-state index contributed by atoms with van der Waals surface area (Å²) in [5.74, 6) is 0.320. The minimum atomic E-state index is -0.223. The van der Waals surface area contributed by atoms with E-state index < -0.39 is 0 Å². The van der Waals surface area contributed by atoms with Gasteiger partial charge in [-0.05, 0) is 29.7 Å². The van der Waals surface area contributed by atoms with Gasteiger partial charge in [0.1, 0.15) is 12.3 Å². The van der Waals surface area contributed by atoms with Crippen molar-refractivity contribution < 1.29 is 14.0 Å². The maximum Gasteiger partial charge on any atom is 0.259 e. The predicted molar refractivity (Wildman–Crippen MR) is 86.2 cm³/mol. The van der Waals surface area contributed by atoms with Crippen molar-refractivity contribution in [3.63, 3.8) is 0 Å². The number of hydrogen-bond donors (Lipinski definition) is 1. The molecule has 0 saturated heterocycles. The fraction of sp³-hybridized carbons (Fsp3) is 0.111. The zero-order chi connectivity index (χ0) is 15.8. The van der Waals surface area contributed by atoms with E-state index in [1.165, 1.54) is 4.90 Å². The lowest BCUT2D eigenvalue weighted by atomic mass is 10.1. The highest BCUT2D eigenvalue weighted by Gasteiger charge is 2.30. The molecule has 0 unspecified atom stereocenters. The average Bonchev–Trinajstić information content (AvgIpc) is 3.17. The number of nitrogens with one attached hydrogen (secondary N) is 1. The van der Waals surface area contributed by atoms with E-state index in [0.717, 1.165) is 16.5 Å². The van der Waals surface area contributed by atoms with Crippen LogP contribution in [0.15, 0.2) is 59.2 Å². The van der Waals surface area contributed by atoms with Gasteiger partial charge in [0.2, 0.25) is 5.91 Å². The molecule has 0 spiro atoms. The number of nitrogens with zero attached hydrogens (tertiary/aromatic N) is 1. The second-order valence-corrected chi connectivity index (χ2v) is 5.43. The number of carbonyl (C=O) groups is 2. The molecule has 2 amide bonds. The van der Waals surface area contributed by atoms with Crippen LogP contribution in [0.2, 0.25) is 0 Å². The first-order valence-corrected chi connectivity index (χ1v) is 7.37. The predicted octanol–water partition coefficient (Wildman–Crippen LogP) is 2.71. The number of anilines is 1. The van der Waals surface area contributed by atoms with Crippen molar-refractivity contribution in [2.24, 2.45) is 0 Å². The zero-order valence-corrected chi connectivity index (χ0v) is 12.3. The monoisotopic (exact) mass is 306 g/mol. The maximum absolute atomic E-state index is 12.6. The van der Waals surface area contributed by atoms with Crippen LogP contribution in [0.1, 0.15) is 16.1 Å². The summed E-state index contributed by atoms with van der Waals surface area (Å²) in [4.78, 5) is 26.3. The maximum atomic E-state index is 12.6. The van der Waals surface area contributed by atoms with E-state index in [1.54, 1.807) is 24.5 Å². The zero-order valence-electron chi connectivity index (χ0n) is 12.3. The van der Waals surface area contributed by atoms with Crippen molar-refractivity contribution in [3.8, 4) is 0 Å². The van der Waals surface area contributed by atoms with Crippen LogP contribution in [0.25, 0.3) is 10.8 Å². The molecule has 0 saturated carbocycles. The van der Waals surface area contributed by atoms with E-state index >= 15 is 0 Å². The Balaban J connectivity index is 1.55. The smallest absolute Gasteiger partial charge is 0.259 e. The number of carbonyl (C=O) groups excluding carboxylic acids is 2.